The van der Waals surface area contributed by atoms with Crippen molar-refractivity contribution in [1.29, 1.82) is 5.26 Å². The summed E-state index contributed by atoms with van der Waals surface area (Å²) in [6.07, 6.45) is 0. The fourth-order valence-electron chi connectivity index (χ4n) is 5.36. The number of anilines is 4. The zero-order valence-corrected chi connectivity index (χ0v) is 25.0. The fourth-order valence-corrected chi connectivity index (χ4v) is 5.36. The molecule has 0 aliphatic heterocycles. The normalized spacial score (nSPS) is 11.1. The van der Waals surface area contributed by atoms with E-state index in [1.807, 2.05) is 43.3 Å². The van der Waals surface area contributed by atoms with Crippen molar-refractivity contribution < 1.29 is 0 Å². The molecule has 0 radical (unpaired) electrons. The molecule has 42 heavy (non-hydrogen) atoms. The highest BCUT2D eigenvalue weighted by Gasteiger charge is 2.17. The van der Waals surface area contributed by atoms with Crippen LogP contribution in [0.1, 0.15) is 44.5 Å². The van der Waals surface area contributed by atoms with Crippen molar-refractivity contribution in [2.24, 2.45) is 10.2 Å². The molecule has 0 unspecified atom stereocenters. The summed E-state index contributed by atoms with van der Waals surface area (Å²) in [6, 6.07) is 22.3. The van der Waals surface area contributed by atoms with Gasteiger partial charge in [-0.15, -0.1) is 10.2 Å². The Labute approximate surface area is 246 Å². The van der Waals surface area contributed by atoms with Crippen LogP contribution in [0, 0.1) is 59.8 Å². The first-order valence-corrected chi connectivity index (χ1v) is 13.8. The lowest BCUT2D eigenvalue weighted by Crippen LogP contribution is -2.04. The Balaban J connectivity index is 1.59. The second kappa shape index (κ2) is 11.7. The van der Waals surface area contributed by atoms with Crippen LogP contribution < -0.4 is 10.6 Å². The van der Waals surface area contributed by atoms with E-state index in [9.17, 15) is 5.26 Å². The lowest BCUT2D eigenvalue weighted by atomic mass is 10.0. The van der Waals surface area contributed by atoms with E-state index in [2.05, 4.69) is 103 Å². The van der Waals surface area contributed by atoms with E-state index in [1.54, 1.807) is 0 Å². The summed E-state index contributed by atoms with van der Waals surface area (Å²) in [6.45, 7) is 14.5. The van der Waals surface area contributed by atoms with Gasteiger partial charge in [0.2, 0.25) is 0 Å². The highest BCUT2D eigenvalue weighted by Crippen LogP contribution is 2.37. The molecule has 0 bridgehead atoms. The van der Waals surface area contributed by atoms with Crippen LogP contribution >= 0.6 is 0 Å². The number of benzene rings is 3. The Hall–Kier alpha value is -5.29. The monoisotopic (exact) mass is 554 g/mol. The molecule has 2 aromatic heterocycles. The molecule has 0 saturated heterocycles. The molecule has 0 aliphatic rings. The molecule has 2 heterocycles. The summed E-state index contributed by atoms with van der Waals surface area (Å²) >= 11 is 0. The lowest BCUT2D eigenvalue weighted by Gasteiger charge is -2.18. The first-order valence-electron chi connectivity index (χ1n) is 13.8. The van der Waals surface area contributed by atoms with Gasteiger partial charge in [-0.05, 0) is 82.3 Å². The zero-order valence-electron chi connectivity index (χ0n) is 25.0. The summed E-state index contributed by atoms with van der Waals surface area (Å²) < 4.78 is 0. The largest absolute Gasteiger partial charge is 0.340 e. The van der Waals surface area contributed by atoms with Crippen LogP contribution in [-0.2, 0) is 0 Å². The van der Waals surface area contributed by atoms with Gasteiger partial charge in [0, 0.05) is 16.9 Å². The van der Waals surface area contributed by atoms with E-state index in [0.29, 0.717) is 28.6 Å². The summed E-state index contributed by atoms with van der Waals surface area (Å²) in [4.78, 5) is 4.97. The van der Waals surface area contributed by atoms with Gasteiger partial charge in [0.1, 0.15) is 28.8 Å². The third kappa shape index (κ3) is 5.77. The van der Waals surface area contributed by atoms with Gasteiger partial charge in [0.05, 0.1) is 0 Å². The highest BCUT2D eigenvalue weighted by molar-refractivity contribution is 5.78. The van der Waals surface area contributed by atoms with Crippen molar-refractivity contribution in [2.45, 2.75) is 48.5 Å². The molecule has 210 valence electrons. The van der Waals surface area contributed by atoms with Gasteiger partial charge in [0.25, 0.3) is 0 Å². The average Bonchev–Trinajstić information content (AvgIpc) is 3.35. The number of rotatable bonds is 7. The van der Waals surface area contributed by atoms with E-state index in [-0.39, 0.29) is 5.82 Å². The number of aromatic amines is 1. The van der Waals surface area contributed by atoms with Gasteiger partial charge in [-0.25, -0.2) is 4.98 Å². The molecule has 8 heteroatoms. The predicted octanol–water partition coefficient (Wildman–Crippen LogP) is 9.40. The highest BCUT2D eigenvalue weighted by atomic mass is 15.3. The van der Waals surface area contributed by atoms with E-state index in [1.165, 1.54) is 11.1 Å². The number of azo groups is 1. The maximum atomic E-state index is 9.93. The van der Waals surface area contributed by atoms with E-state index in [0.717, 1.165) is 44.8 Å². The lowest BCUT2D eigenvalue weighted by molar-refractivity contribution is 1.05. The van der Waals surface area contributed by atoms with Crippen LogP contribution in [0.15, 0.2) is 70.9 Å². The van der Waals surface area contributed by atoms with Crippen LogP contribution in [0.5, 0.6) is 0 Å². The second-order valence-corrected chi connectivity index (χ2v) is 10.8. The maximum absolute atomic E-state index is 9.93. The quantitative estimate of drug-likeness (QED) is 0.173. The summed E-state index contributed by atoms with van der Waals surface area (Å²) in [5.74, 6) is 1.54. The van der Waals surface area contributed by atoms with E-state index in [4.69, 9.17) is 4.98 Å². The minimum Gasteiger partial charge on any atom is -0.340 e. The second-order valence-electron chi connectivity index (χ2n) is 10.8. The van der Waals surface area contributed by atoms with Crippen molar-refractivity contribution in [3.63, 3.8) is 0 Å². The van der Waals surface area contributed by atoms with Crippen LogP contribution in [0.3, 0.4) is 0 Å². The molecular formula is C34H34N8. The summed E-state index contributed by atoms with van der Waals surface area (Å²) in [5.41, 5.74) is 12.0. The fraction of sp³-hybridized carbons (Fsp3) is 0.206. The third-order valence-electron chi connectivity index (χ3n) is 7.19. The third-order valence-corrected chi connectivity index (χ3v) is 7.19. The smallest absolute Gasteiger partial charge is 0.189 e. The van der Waals surface area contributed by atoms with Crippen LogP contribution in [0.2, 0.25) is 0 Å². The van der Waals surface area contributed by atoms with Crippen molar-refractivity contribution in [1.82, 2.24) is 15.2 Å². The number of aryl methyl sites for hydroxylation is 7. The van der Waals surface area contributed by atoms with Gasteiger partial charge in [-0.2, -0.15) is 10.4 Å². The van der Waals surface area contributed by atoms with E-state index >= 15 is 0 Å². The number of nitrogens with zero attached hydrogens (tertiary/aromatic N) is 5. The van der Waals surface area contributed by atoms with Gasteiger partial charge in [-0.3, -0.25) is 5.10 Å². The number of nitrogens with one attached hydrogen (secondary N) is 3. The number of H-pyrrole nitrogens is 1. The minimum absolute atomic E-state index is 0.289. The molecule has 3 N–H and O–H groups in total. The van der Waals surface area contributed by atoms with Gasteiger partial charge in [-0.1, -0.05) is 65.7 Å². The SMILES string of the molecule is Cc1cc(C)c(Nc2cc(C)c(/N=N/c3[nH]nc(-c4ccccc4)c3C#N)c(Nc3c(C)cc(C)cc3C)n2)c(C)c1. The molecule has 8 nitrogen and oxygen atoms in total. The molecule has 5 aromatic rings. The molecule has 0 fully saturated rings. The van der Waals surface area contributed by atoms with Crippen molar-refractivity contribution in [3.05, 3.63) is 105 Å². The van der Waals surface area contributed by atoms with Crippen LogP contribution in [0.25, 0.3) is 11.3 Å². The van der Waals surface area contributed by atoms with Crippen LogP contribution in [0.4, 0.5) is 34.5 Å². The van der Waals surface area contributed by atoms with Gasteiger partial charge >= 0.3 is 0 Å². The number of pyridine rings is 1. The molecule has 0 saturated carbocycles. The van der Waals surface area contributed by atoms with E-state index < -0.39 is 0 Å². The van der Waals surface area contributed by atoms with Gasteiger partial charge in [0.15, 0.2) is 11.6 Å². The molecule has 0 atom stereocenters. The topological polar surface area (TPSA) is 114 Å². The Morgan fingerprint density at radius 2 is 1.29 bits per heavy atom. The predicted molar refractivity (Wildman–Crippen MR) is 170 cm³/mol. The number of nitriles is 1. The molecule has 0 aliphatic carbocycles. The summed E-state index contributed by atoms with van der Waals surface area (Å²) in [7, 11) is 0. The van der Waals surface area contributed by atoms with Crippen molar-refractivity contribution >= 4 is 34.5 Å². The number of aromatic nitrogens is 3. The first-order chi connectivity index (χ1) is 20.1. The van der Waals surface area contributed by atoms with Crippen LogP contribution in [-0.4, -0.2) is 15.2 Å². The Morgan fingerprint density at radius 1 is 0.714 bits per heavy atom. The average molecular weight is 555 g/mol. The number of hydrogen-bond donors (Lipinski definition) is 3. The molecule has 0 amide bonds. The zero-order chi connectivity index (χ0) is 30.0. The summed E-state index contributed by atoms with van der Waals surface area (Å²) in [5, 5.41) is 33.3. The molecular weight excluding hydrogens is 520 g/mol. The van der Waals surface area contributed by atoms with Crippen molar-refractivity contribution in [2.75, 3.05) is 10.6 Å². The Bertz CT molecular complexity index is 1810. The Morgan fingerprint density at radius 3 is 1.86 bits per heavy atom. The van der Waals surface area contributed by atoms with Crippen molar-refractivity contribution in [3.8, 4) is 17.3 Å². The molecule has 0 spiro atoms. The first kappa shape index (κ1) is 28.2. The number of hydrogen-bond acceptors (Lipinski definition) is 7. The maximum Gasteiger partial charge on any atom is 0.189 e. The van der Waals surface area contributed by atoms with Gasteiger partial charge < -0.3 is 10.6 Å². The standard InChI is InChI=1S/C34H34N8/c1-19-13-21(3)29(22(4)14-19)36-28-17-25(7)31(34(37-28)38-30-23(5)15-20(2)16-24(30)6)39-41-33-27(18-35)32(40-42-33)26-11-9-8-10-12-26/h8-17H,1-7H3,(H,40,42)(H2,36,37,38)/b41-39+. The molecule has 3 aromatic carbocycles. The minimum atomic E-state index is 0.289. The Kier molecular flexibility index (Phi) is 7.85. The molecule has 5 rings (SSSR count).